The third-order valence-electron chi connectivity index (χ3n) is 1.27. The van der Waals surface area contributed by atoms with Gasteiger partial charge in [0.05, 0.1) is 4.21 Å². The quantitative estimate of drug-likeness (QED) is 0.612. The predicted molar refractivity (Wildman–Crippen MR) is 50.8 cm³/mol. The fourth-order valence-electron chi connectivity index (χ4n) is 0.647. The van der Waals surface area contributed by atoms with Crippen LogP contribution in [0.25, 0.3) is 5.57 Å². The lowest BCUT2D eigenvalue weighted by Crippen LogP contribution is -1.66. The summed E-state index contributed by atoms with van der Waals surface area (Å²) in [5, 5.41) is 2.15. The van der Waals surface area contributed by atoms with E-state index in [0.717, 1.165) is 5.57 Å². The Bertz CT molecular complexity index is 235. The van der Waals surface area contributed by atoms with Crippen LogP contribution in [-0.4, -0.2) is 6.26 Å². The zero-order chi connectivity index (χ0) is 7.56. The first-order chi connectivity index (χ1) is 4.74. The van der Waals surface area contributed by atoms with Gasteiger partial charge in [-0.1, -0.05) is 12.2 Å². The minimum absolute atomic E-state index is 1.15. The molecule has 0 N–H and O–H groups in total. The maximum Gasteiger partial charge on any atom is 0.0602 e. The van der Waals surface area contributed by atoms with Crippen molar-refractivity contribution in [1.82, 2.24) is 0 Å². The normalized spacial score (nSPS) is 9.80. The van der Waals surface area contributed by atoms with E-state index in [4.69, 9.17) is 0 Å². The molecule has 2 heteroatoms. The van der Waals surface area contributed by atoms with Crippen LogP contribution in [0, 0.1) is 0 Å². The Balaban J connectivity index is 2.88. The van der Waals surface area contributed by atoms with Crippen LogP contribution in [0.4, 0.5) is 0 Å². The molecule has 0 fully saturated rings. The van der Waals surface area contributed by atoms with Crippen molar-refractivity contribution < 1.29 is 0 Å². The molecule has 1 aromatic heterocycles. The van der Waals surface area contributed by atoms with Crippen LogP contribution in [0.15, 0.2) is 22.2 Å². The summed E-state index contributed by atoms with van der Waals surface area (Å²) in [6.45, 7) is 5.90. The minimum atomic E-state index is 1.15. The van der Waals surface area contributed by atoms with Crippen molar-refractivity contribution in [3.63, 3.8) is 0 Å². The van der Waals surface area contributed by atoms with E-state index in [1.54, 1.807) is 23.1 Å². The van der Waals surface area contributed by atoms with Crippen LogP contribution < -0.4 is 0 Å². The van der Waals surface area contributed by atoms with Crippen molar-refractivity contribution in [3.8, 4) is 0 Å². The van der Waals surface area contributed by atoms with Gasteiger partial charge in [-0.3, -0.25) is 0 Å². The molecule has 1 rings (SSSR count). The summed E-state index contributed by atoms with van der Waals surface area (Å²) < 4.78 is 1.36. The zero-order valence-electron chi connectivity index (χ0n) is 6.18. The van der Waals surface area contributed by atoms with Crippen molar-refractivity contribution in [2.45, 2.75) is 11.1 Å². The highest BCUT2D eigenvalue weighted by Gasteiger charge is 1.97. The molecule has 0 radical (unpaired) electrons. The fraction of sp³-hybridized carbons (Fsp3) is 0.250. The van der Waals surface area contributed by atoms with Crippen LogP contribution in [0.2, 0.25) is 0 Å². The Morgan fingerprint density at radius 3 is 2.70 bits per heavy atom. The lowest BCUT2D eigenvalue weighted by molar-refractivity contribution is 1.62. The van der Waals surface area contributed by atoms with E-state index in [9.17, 15) is 0 Å². The fourth-order valence-corrected chi connectivity index (χ4v) is 2.13. The van der Waals surface area contributed by atoms with Crippen LogP contribution in [0.1, 0.15) is 12.5 Å². The second-order valence-corrected chi connectivity index (χ2v) is 4.16. The Morgan fingerprint density at radius 1 is 1.70 bits per heavy atom. The number of thioether (sulfide) groups is 1. The summed E-state index contributed by atoms with van der Waals surface area (Å²) in [5.41, 5.74) is 2.42. The predicted octanol–water partition coefficient (Wildman–Crippen LogP) is 3.50. The summed E-state index contributed by atoms with van der Waals surface area (Å²) >= 11 is 3.56. The molecular weight excluding hydrogens is 160 g/mol. The van der Waals surface area contributed by atoms with E-state index < -0.39 is 0 Å². The Morgan fingerprint density at radius 2 is 2.40 bits per heavy atom. The Labute approximate surface area is 70.0 Å². The average Bonchev–Trinajstić information content (AvgIpc) is 2.34. The first kappa shape index (κ1) is 7.89. The van der Waals surface area contributed by atoms with Gasteiger partial charge < -0.3 is 0 Å². The number of thiophene rings is 1. The smallest absolute Gasteiger partial charge is 0.0602 e. The molecule has 0 amide bonds. The van der Waals surface area contributed by atoms with Crippen LogP contribution in [-0.2, 0) is 0 Å². The lowest BCUT2D eigenvalue weighted by Gasteiger charge is -1.88. The molecule has 10 heavy (non-hydrogen) atoms. The van der Waals surface area contributed by atoms with Gasteiger partial charge in [0.1, 0.15) is 0 Å². The van der Waals surface area contributed by atoms with E-state index in [1.807, 2.05) is 6.92 Å². The highest BCUT2D eigenvalue weighted by atomic mass is 32.2. The third kappa shape index (κ3) is 1.64. The molecule has 1 aromatic rings. The lowest BCUT2D eigenvalue weighted by atomic mass is 10.2. The maximum atomic E-state index is 3.87. The van der Waals surface area contributed by atoms with E-state index in [-0.39, 0.29) is 0 Å². The molecule has 0 bridgehead atoms. The van der Waals surface area contributed by atoms with Gasteiger partial charge >= 0.3 is 0 Å². The standard InChI is InChI=1S/C8H10S2/c1-6(2)7-4-8(9-3)10-5-7/h4-5H,1H2,2-3H3. The summed E-state index contributed by atoms with van der Waals surface area (Å²) in [5.74, 6) is 0. The van der Waals surface area contributed by atoms with Crippen molar-refractivity contribution >= 4 is 28.7 Å². The van der Waals surface area contributed by atoms with Crippen LogP contribution >= 0.6 is 23.1 Å². The Kier molecular flexibility index (Phi) is 2.57. The maximum absolute atomic E-state index is 3.87. The second-order valence-electron chi connectivity index (χ2n) is 2.14. The van der Waals surface area contributed by atoms with E-state index in [0.29, 0.717) is 0 Å². The van der Waals surface area contributed by atoms with Gasteiger partial charge in [-0.25, -0.2) is 0 Å². The molecular formula is C8H10S2. The largest absolute Gasteiger partial charge is 0.137 e. The van der Waals surface area contributed by atoms with Gasteiger partial charge in [0.25, 0.3) is 0 Å². The molecule has 0 saturated heterocycles. The first-order valence-corrected chi connectivity index (χ1v) is 5.13. The van der Waals surface area contributed by atoms with Crippen molar-refractivity contribution in [1.29, 1.82) is 0 Å². The van der Waals surface area contributed by atoms with E-state index in [2.05, 4.69) is 24.3 Å². The van der Waals surface area contributed by atoms with Gasteiger partial charge in [0.15, 0.2) is 0 Å². The van der Waals surface area contributed by atoms with Gasteiger partial charge in [0.2, 0.25) is 0 Å². The van der Waals surface area contributed by atoms with E-state index >= 15 is 0 Å². The SMILES string of the molecule is C=C(C)c1csc(SC)c1. The van der Waals surface area contributed by atoms with E-state index in [1.165, 1.54) is 9.77 Å². The van der Waals surface area contributed by atoms with Crippen LogP contribution in [0.5, 0.6) is 0 Å². The van der Waals surface area contributed by atoms with Crippen LogP contribution in [0.3, 0.4) is 0 Å². The summed E-state index contributed by atoms with van der Waals surface area (Å²) in [7, 11) is 0. The first-order valence-electron chi connectivity index (χ1n) is 3.02. The molecule has 0 aliphatic carbocycles. The van der Waals surface area contributed by atoms with Gasteiger partial charge in [0, 0.05) is 0 Å². The second kappa shape index (κ2) is 3.26. The molecule has 0 spiro atoms. The molecule has 0 aliphatic rings. The topological polar surface area (TPSA) is 0 Å². The summed E-state index contributed by atoms with van der Waals surface area (Å²) in [6, 6.07) is 2.18. The Hall–Kier alpha value is -0.210. The summed E-state index contributed by atoms with van der Waals surface area (Å²) in [4.78, 5) is 0. The average molecular weight is 170 g/mol. The summed E-state index contributed by atoms with van der Waals surface area (Å²) in [6.07, 6.45) is 2.09. The van der Waals surface area contributed by atoms with Crippen molar-refractivity contribution in [2.75, 3.05) is 6.26 Å². The number of allylic oxidation sites excluding steroid dienone is 1. The molecule has 0 atom stereocenters. The minimum Gasteiger partial charge on any atom is -0.137 e. The molecule has 54 valence electrons. The molecule has 0 saturated carbocycles. The molecule has 1 heterocycles. The van der Waals surface area contributed by atoms with Crippen molar-refractivity contribution in [3.05, 3.63) is 23.6 Å². The monoisotopic (exact) mass is 170 g/mol. The van der Waals surface area contributed by atoms with Gasteiger partial charge in [-0.2, -0.15) is 0 Å². The molecule has 0 unspecified atom stereocenters. The third-order valence-corrected chi connectivity index (χ3v) is 3.30. The van der Waals surface area contributed by atoms with Gasteiger partial charge in [-0.05, 0) is 30.2 Å². The van der Waals surface area contributed by atoms with Gasteiger partial charge in [-0.15, -0.1) is 23.1 Å². The molecule has 0 aliphatic heterocycles. The molecule has 0 aromatic carbocycles. The number of hydrogen-bond donors (Lipinski definition) is 0. The number of hydrogen-bond acceptors (Lipinski definition) is 2. The van der Waals surface area contributed by atoms with Crippen molar-refractivity contribution in [2.24, 2.45) is 0 Å². The highest BCUT2D eigenvalue weighted by Crippen LogP contribution is 2.26. The highest BCUT2D eigenvalue weighted by molar-refractivity contribution is 8.00. The number of rotatable bonds is 2. The molecule has 0 nitrogen and oxygen atoms in total. The zero-order valence-corrected chi connectivity index (χ0v) is 7.81.